The number of aryl methyl sites for hydroxylation is 2. The first-order chi connectivity index (χ1) is 6.65. The van der Waals surface area contributed by atoms with E-state index in [0.717, 1.165) is 17.0 Å². The van der Waals surface area contributed by atoms with Crippen LogP contribution < -0.4 is 5.32 Å². The van der Waals surface area contributed by atoms with Crippen LogP contribution in [-0.4, -0.2) is 16.8 Å². The number of amides is 1. The predicted molar refractivity (Wildman–Crippen MR) is 56.3 cm³/mol. The number of nitrogens with zero attached hydrogens (tertiary/aromatic N) is 1. The predicted octanol–water partition coefficient (Wildman–Crippen LogP) is 1.23. The topological polar surface area (TPSA) is 55.1 Å². The maximum Gasteiger partial charge on any atom is 0.221 e. The quantitative estimate of drug-likeness (QED) is 0.741. The molecule has 0 unspecified atom stereocenters. The molecule has 0 atom stereocenters. The standard InChI is InChI=1S/C9H14N2O2S/c1-6-8(7(2)13-11-6)5-10-9(12)3-4-14/h14H,3-5H2,1-2H3,(H,10,12). The molecule has 0 bridgehead atoms. The highest BCUT2D eigenvalue weighted by Gasteiger charge is 2.09. The van der Waals surface area contributed by atoms with Crippen molar-refractivity contribution in [3.8, 4) is 0 Å². The minimum atomic E-state index is 0.000000000000000222. The number of hydrogen-bond donors (Lipinski definition) is 2. The van der Waals surface area contributed by atoms with E-state index in [1.807, 2.05) is 13.8 Å². The number of hydrogen-bond acceptors (Lipinski definition) is 4. The van der Waals surface area contributed by atoms with Crippen molar-refractivity contribution in [1.82, 2.24) is 10.5 Å². The normalized spacial score (nSPS) is 10.2. The summed E-state index contributed by atoms with van der Waals surface area (Å²) in [5.41, 5.74) is 1.78. The molecule has 1 amide bonds. The van der Waals surface area contributed by atoms with Gasteiger partial charge in [-0.3, -0.25) is 4.79 Å². The fourth-order valence-electron chi connectivity index (χ4n) is 1.13. The Morgan fingerprint density at radius 1 is 1.57 bits per heavy atom. The molecule has 78 valence electrons. The number of thiol groups is 1. The number of rotatable bonds is 4. The van der Waals surface area contributed by atoms with Gasteiger partial charge >= 0.3 is 0 Å². The maximum atomic E-state index is 11.1. The molecule has 4 nitrogen and oxygen atoms in total. The largest absolute Gasteiger partial charge is 0.361 e. The van der Waals surface area contributed by atoms with Crippen LogP contribution in [0.15, 0.2) is 4.52 Å². The van der Waals surface area contributed by atoms with Gasteiger partial charge in [0.2, 0.25) is 5.91 Å². The second-order valence-corrected chi connectivity index (χ2v) is 3.50. The van der Waals surface area contributed by atoms with E-state index in [9.17, 15) is 4.79 Å². The Morgan fingerprint density at radius 3 is 2.79 bits per heavy atom. The third-order valence-electron chi connectivity index (χ3n) is 1.98. The van der Waals surface area contributed by atoms with Crippen LogP contribution in [0.2, 0.25) is 0 Å². The third kappa shape index (κ3) is 2.77. The fourth-order valence-corrected chi connectivity index (χ4v) is 1.33. The summed E-state index contributed by atoms with van der Waals surface area (Å²) >= 11 is 3.98. The van der Waals surface area contributed by atoms with Crippen LogP contribution in [0.5, 0.6) is 0 Å². The summed E-state index contributed by atoms with van der Waals surface area (Å²) in [5, 5.41) is 6.58. The molecule has 14 heavy (non-hydrogen) atoms. The van der Waals surface area contributed by atoms with Gasteiger partial charge in [-0.1, -0.05) is 5.16 Å². The Kier molecular flexibility index (Phi) is 4.00. The summed E-state index contributed by atoms with van der Waals surface area (Å²) in [6, 6.07) is 0. The van der Waals surface area contributed by atoms with Crippen molar-refractivity contribution in [2.75, 3.05) is 5.75 Å². The maximum absolute atomic E-state index is 11.1. The first-order valence-corrected chi connectivity index (χ1v) is 5.07. The van der Waals surface area contributed by atoms with Crippen LogP contribution in [0.1, 0.15) is 23.4 Å². The molecule has 0 aromatic carbocycles. The summed E-state index contributed by atoms with van der Waals surface area (Å²) in [7, 11) is 0. The van der Waals surface area contributed by atoms with E-state index in [1.54, 1.807) is 0 Å². The Labute approximate surface area is 88.5 Å². The van der Waals surface area contributed by atoms with Crippen molar-refractivity contribution in [1.29, 1.82) is 0 Å². The zero-order chi connectivity index (χ0) is 10.6. The molecule has 0 saturated carbocycles. The highest BCUT2D eigenvalue weighted by atomic mass is 32.1. The molecule has 1 aromatic rings. The van der Waals surface area contributed by atoms with Gasteiger partial charge in [0.1, 0.15) is 5.76 Å². The van der Waals surface area contributed by atoms with E-state index < -0.39 is 0 Å². The van der Waals surface area contributed by atoms with E-state index in [0.29, 0.717) is 18.7 Å². The molecule has 1 heterocycles. The zero-order valence-electron chi connectivity index (χ0n) is 8.33. The number of carbonyl (C=O) groups excluding carboxylic acids is 1. The molecule has 1 rings (SSSR count). The van der Waals surface area contributed by atoms with E-state index >= 15 is 0 Å². The highest BCUT2D eigenvalue weighted by Crippen LogP contribution is 2.11. The average molecular weight is 214 g/mol. The summed E-state index contributed by atoms with van der Waals surface area (Å²) in [6.45, 7) is 4.17. The van der Waals surface area contributed by atoms with Crippen molar-refractivity contribution >= 4 is 18.5 Å². The Morgan fingerprint density at radius 2 is 2.29 bits per heavy atom. The summed E-state index contributed by atoms with van der Waals surface area (Å²) < 4.78 is 4.97. The number of aromatic nitrogens is 1. The minimum absolute atomic E-state index is 0.000000000000000222. The Bertz CT molecular complexity index is 303. The number of nitrogens with one attached hydrogen (secondary N) is 1. The van der Waals surface area contributed by atoms with Crippen LogP contribution in [-0.2, 0) is 11.3 Å². The smallest absolute Gasteiger partial charge is 0.221 e. The molecular weight excluding hydrogens is 200 g/mol. The molecule has 0 aliphatic rings. The lowest BCUT2D eigenvalue weighted by atomic mass is 10.2. The SMILES string of the molecule is Cc1noc(C)c1CNC(=O)CCS. The molecular formula is C9H14N2O2S. The lowest BCUT2D eigenvalue weighted by molar-refractivity contribution is -0.120. The van der Waals surface area contributed by atoms with Gasteiger partial charge in [-0.05, 0) is 19.6 Å². The van der Waals surface area contributed by atoms with Crippen LogP contribution in [0, 0.1) is 13.8 Å². The molecule has 0 radical (unpaired) electrons. The zero-order valence-corrected chi connectivity index (χ0v) is 9.23. The first kappa shape index (κ1) is 11.1. The van der Waals surface area contributed by atoms with E-state index in [2.05, 4.69) is 23.1 Å². The van der Waals surface area contributed by atoms with E-state index in [4.69, 9.17) is 4.52 Å². The Balaban J connectivity index is 2.49. The van der Waals surface area contributed by atoms with Crippen molar-refractivity contribution < 1.29 is 9.32 Å². The van der Waals surface area contributed by atoms with Crippen molar-refractivity contribution in [3.63, 3.8) is 0 Å². The van der Waals surface area contributed by atoms with E-state index in [1.165, 1.54) is 0 Å². The average Bonchev–Trinajstić information content (AvgIpc) is 2.44. The lowest BCUT2D eigenvalue weighted by Crippen LogP contribution is -2.23. The monoisotopic (exact) mass is 214 g/mol. The highest BCUT2D eigenvalue weighted by molar-refractivity contribution is 7.80. The van der Waals surface area contributed by atoms with Gasteiger partial charge in [-0.15, -0.1) is 0 Å². The molecule has 0 spiro atoms. The van der Waals surface area contributed by atoms with Gasteiger partial charge in [0.05, 0.1) is 5.69 Å². The van der Waals surface area contributed by atoms with Gasteiger partial charge in [-0.2, -0.15) is 12.6 Å². The third-order valence-corrected chi connectivity index (χ3v) is 2.21. The molecule has 0 aliphatic carbocycles. The van der Waals surface area contributed by atoms with Crippen molar-refractivity contribution in [2.24, 2.45) is 0 Å². The molecule has 1 N–H and O–H groups in total. The van der Waals surface area contributed by atoms with Gasteiger partial charge in [0.15, 0.2) is 0 Å². The lowest BCUT2D eigenvalue weighted by Gasteiger charge is -2.02. The molecule has 0 saturated heterocycles. The van der Waals surface area contributed by atoms with E-state index in [-0.39, 0.29) is 5.91 Å². The van der Waals surface area contributed by atoms with Crippen LogP contribution in [0.25, 0.3) is 0 Å². The van der Waals surface area contributed by atoms with Gasteiger partial charge in [0.25, 0.3) is 0 Å². The molecule has 1 aromatic heterocycles. The summed E-state index contributed by atoms with van der Waals surface area (Å²) in [6.07, 6.45) is 0.437. The number of carbonyl (C=O) groups is 1. The molecule has 5 heteroatoms. The first-order valence-electron chi connectivity index (χ1n) is 4.44. The van der Waals surface area contributed by atoms with Crippen molar-refractivity contribution in [3.05, 3.63) is 17.0 Å². The Hall–Kier alpha value is -0.970. The van der Waals surface area contributed by atoms with Crippen LogP contribution in [0.3, 0.4) is 0 Å². The second-order valence-electron chi connectivity index (χ2n) is 3.05. The van der Waals surface area contributed by atoms with Gasteiger partial charge in [0, 0.05) is 18.5 Å². The van der Waals surface area contributed by atoms with Crippen LogP contribution in [0.4, 0.5) is 0 Å². The van der Waals surface area contributed by atoms with Gasteiger partial charge in [-0.25, -0.2) is 0 Å². The second kappa shape index (κ2) is 5.05. The molecule has 0 fully saturated rings. The van der Waals surface area contributed by atoms with Gasteiger partial charge < -0.3 is 9.84 Å². The summed E-state index contributed by atoms with van der Waals surface area (Å²) in [4.78, 5) is 11.1. The minimum Gasteiger partial charge on any atom is -0.361 e. The fraction of sp³-hybridized carbons (Fsp3) is 0.556. The van der Waals surface area contributed by atoms with Crippen LogP contribution >= 0.6 is 12.6 Å². The molecule has 0 aliphatic heterocycles. The summed E-state index contributed by atoms with van der Waals surface area (Å²) in [5.74, 6) is 1.32. The van der Waals surface area contributed by atoms with Crippen molar-refractivity contribution in [2.45, 2.75) is 26.8 Å².